The standard InChI is InChI=1S/C2H5N.HNO2/c1-2-3-1;2-1-3/h3H,1-2H2;(H,2,3). The van der Waals surface area contributed by atoms with E-state index >= 15 is 0 Å². The van der Waals surface area contributed by atoms with E-state index in [0.717, 1.165) is 0 Å². The Balaban J connectivity index is 0.0000000833. The molecule has 4 nitrogen and oxygen atoms in total. The molecular formula is C2H6N2O2. The van der Waals surface area contributed by atoms with Crippen molar-refractivity contribution in [2.75, 3.05) is 13.1 Å². The van der Waals surface area contributed by atoms with Gasteiger partial charge in [-0.05, 0) is 0 Å². The van der Waals surface area contributed by atoms with Gasteiger partial charge in [0.2, 0.25) is 0 Å². The second-order valence-electron chi connectivity index (χ2n) is 0.832. The fourth-order valence-corrected chi connectivity index (χ4v) is 0. The Labute approximate surface area is 35.1 Å². The summed E-state index contributed by atoms with van der Waals surface area (Å²) in [4.78, 5) is 8.11. The molecule has 1 rings (SSSR count). The highest BCUT2D eigenvalue weighted by molar-refractivity contribution is 4.58. The molecule has 0 atom stereocenters. The van der Waals surface area contributed by atoms with Crippen LogP contribution in [-0.2, 0) is 0 Å². The lowest BCUT2D eigenvalue weighted by atomic mass is 11.0. The molecule has 0 aromatic heterocycles. The van der Waals surface area contributed by atoms with Gasteiger partial charge in [-0.25, -0.2) is 0 Å². The third-order valence-corrected chi connectivity index (χ3v) is 0.250. The molecule has 0 radical (unpaired) electrons. The first-order valence-electron chi connectivity index (χ1n) is 1.59. The van der Waals surface area contributed by atoms with Gasteiger partial charge in [-0.15, -0.1) is 4.91 Å². The molecule has 4 heteroatoms. The van der Waals surface area contributed by atoms with Gasteiger partial charge in [0.25, 0.3) is 0 Å². The molecule has 0 bridgehead atoms. The molecule has 1 heterocycles. The first kappa shape index (κ1) is 5.36. The predicted molar refractivity (Wildman–Crippen MR) is 20.5 cm³/mol. The summed E-state index contributed by atoms with van der Waals surface area (Å²) in [5, 5.41) is 10.9. The highest BCUT2D eigenvalue weighted by atomic mass is 16.6. The molecule has 0 aliphatic carbocycles. The van der Waals surface area contributed by atoms with Gasteiger partial charge in [0, 0.05) is 13.1 Å². The zero-order valence-electron chi connectivity index (χ0n) is 3.22. The highest BCUT2D eigenvalue weighted by Gasteiger charge is 1.91. The summed E-state index contributed by atoms with van der Waals surface area (Å²) in [5.41, 5.74) is 0. The number of hydrogen-bond donors (Lipinski definition) is 2. The summed E-state index contributed by atoms with van der Waals surface area (Å²) < 4.78 is 0. The van der Waals surface area contributed by atoms with Crippen molar-refractivity contribution >= 4 is 0 Å². The lowest BCUT2D eigenvalue weighted by molar-refractivity contribution is 0.312. The lowest BCUT2D eigenvalue weighted by Crippen LogP contribution is -1.56. The quantitative estimate of drug-likeness (QED) is 0.244. The summed E-state index contributed by atoms with van der Waals surface area (Å²) in [6.07, 6.45) is 0. The molecule has 0 saturated carbocycles. The summed E-state index contributed by atoms with van der Waals surface area (Å²) in [7, 11) is 0. The fraction of sp³-hybridized carbons (Fsp3) is 1.00. The van der Waals surface area contributed by atoms with Crippen molar-refractivity contribution in [3.05, 3.63) is 4.91 Å². The fourth-order valence-electron chi connectivity index (χ4n) is 0. The van der Waals surface area contributed by atoms with E-state index in [1.165, 1.54) is 18.4 Å². The minimum atomic E-state index is 1.25. The Morgan fingerprint density at radius 3 is 1.83 bits per heavy atom. The summed E-state index contributed by atoms with van der Waals surface area (Å²) >= 11 is 0. The Kier molecular flexibility index (Phi) is 3.89. The van der Waals surface area contributed by atoms with Gasteiger partial charge >= 0.3 is 0 Å². The van der Waals surface area contributed by atoms with Crippen LogP contribution in [0.5, 0.6) is 0 Å². The van der Waals surface area contributed by atoms with E-state index < -0.39 is 0 Å². The average molecular weight is 90.1 g/mol. The van der Waals surface area contributed by atoms with Crippen LogP contribution < -0.4 is 5.32 Å². The maximum atomic E-state index is 8.11. The average Bonchev–Trinajstić information content (AvgIpc) is 2.11. The van der Waals surface area contributed by atoms with Crippen molar-refractivity contribution < 1.29 is 5.21 Å². The topological polar surface area (TPSA) is 71.6 Å². The van der Waals surface area contributed by atoms with Gasteiger partial charge in [0.05, 0.1) is 0 Å². The van der Waals surface area contributed by atoms with Gasteiger partial charge < -0.3 is 10.5 Å². The molecule has 1 fully saturated rings. The molecule has 0 amide bonds. The van der Waals surface area contributed by atoms with Crippen LogP contribution >= 0.6 is 0 Å². The van der Waals surface area contributed by atoms with Crippen LogP contribution in [0.25, 0.3) is 0 Å². The second kappa shape index (κ2) is 4.36. The predicted octanol–water partition coefficient (Wildman–Crippen LogP) is -0.268. The van der Waals surface area contributed by atoms with Crippen LogP contribution in [0.3, 0.4) is 0 Å². The molecule has 6 heavy (non-hydrogen) atoms. The van der Waals surface area contributed by atoms with Gasteiger partial charge in [-0.2, -0.15) is 0 Å². The Bertz CT molecular complexity index is 33.8. The van der Waals surface area contributed by atoms with E-state index in [-0.39, 0.29) is 0 Å². The van der Waals surface area contributed by atoms with Crippen molar-refractivity contribution in [3.63, 3.8) is 0 Å². The second-order valence-corrected chi connectivity index (χ2v) is 0.832. The van der Waals surface area contributed by atoms with Crippen molar-refractivity contribution in [2.24, 2.45) is 5.34 Å². The lowest BCUT2D eigenvalue weighted by Gasteiger charge is -1.32. The molecule has 0 aromatic carbocycles. The zero-order chi connectivity index (χ0) is 4.83. The van der Waals surface area contributed by atoms with Crippen LogP contribution in [0.4, 0.5) is 0 Å². The maximum absolute atomic E-state index is 8.11. The molecular weight excluding hydrogens is 84.0 g/mol. The Morgan fingerprint density at radius 2 is 1.83 bits per heavy atom. The van der Waals surface area contributed by atoms with Crippen LogP contribution in [0.2, 0.25) is 0 Å². The summed E-state index contributed by atoms with van der Waals surface area (Å²) in [6.45, 7) is 2.50. The third kappa shape index (κ3) is 144. The van der Waals surface area contributed by atoms with Crippen LogP contribution in [0.1, 0.15) is 0 Å². The van der Waals surface area contributed by atoms with E-state index in [2.05, 4.69) is 5.32 Å². The van der Waals surface area contributed by atoms with E-state index in [1.54, 1.807) is 0 Å². The zero-order valence-corrected chi connectivity index (χ0v) is 3.22. The van der Waals surface area contributed by atoms with E-state index in [0.29, 0.717) is 0 Å². The number of nitrogens with zero attached hydrogens (tertiary/aromatic N) is 1. The normalized spacial score (nSPS) is 14.0. The smallest absolute Gasteiger partial charge is 0.152 e. The SMILES string of the molecule is C1CN1.O=NO. The van der Waals surface area contributed by atoms with Crippen molar-refractivity contribution in [1.82, 2.24) is 5.32 Å². The van der Waals surface area contributed by atoms with Gasteiger partial charge in [-0.3, -0.25) is 0 Å². The molecule has 0 unspecified atom stereocenters. The van der Waals surface area contributed by atoms with Gasteiger partial charge in [0.15, 0.2) is 5.34 Å². The molecule has 0 aromatic rings. The van der Waals surface area contributed by atoms with Gasteiger partial charge in [0.1, 0.15) is 0 Å². The van der Waals surface area contributed by atoms with Gasteiger partial charge in [-0.1, -0.05) is 0 Å². The number of nitrogens with one attached hydrogen (secondary N) is 1. The molecule has 0 spiro atoms. The first-order valence-corrected chi connectivity index (χ1v) is 1.59. The molecule has 1 aliphatic rings. The number of hydrogen-bond acceptors (Lipinski definition) is 3. The maximum Gasteiger partial charge on any atom is 0.152 e. The highest BCUT2D eigenvalue weighted by Crippen LogP contribution is 1.65. The molecule has 36 valence electrons. The third-order valence-electron chi connectivity index (χ3n) is 0.250. The molecule has 2 N–H and O–H groups in total. The van der Waals surface area contributed by atoms with Crippen molar-refractivity contribution in [3.8, 4) is 0 Å². The summed E-state index contributed by atoms with van der Waals surface area (Å²) in [5.74, 6) is 0. The van der Waals surface area contributed by atoms with Crippen LogP contribution in [0, 0.1) is 4.91 Å². The number of rotatable bonds is 0. The monoisotopic (exact) mass is 90.0 g/mol. The van der Waals surface area contributed by atoms with Crippen molar-refractivity contribution in [2.45, 2.75) is 0 Å². The largest absolute Gasteiger partial charge is 0.379 e. The minimum Gasteiger partial charge on any atom is -0.379 e. The Morgan fingerprint density at radius 1 is 1.67 bits per heavy atom. The van der Waals surface area contributed by atoms with Crippen molar-refractivity contribution in [1.29, 1.82) is 0 Å². The van der Waals surface area contributed by atoms with Crippen LogP contribution in [0.15, 0.2) is 5.34 Å². The minimum absolute atomic E-state index is 1.25. The first-order chi connectivity index (χ1) is 2.91. The van der Waals surface area contributed by atoms with E-state index in [4.69, 9.17) is 10.1 Å². The molecule has 1 aliphatic heterocycles. The summed E-state index contributed by atoms with van der Waals surface area (Å²) in [6, 6.07) is 0. The van der Waals surface area contributed by atoms with E-state index in [1.807, 2.05) is 0 Å². The molecule has 1 saturated heterocycles. The van der Waals surface area contributed by atoms with Crippen LogP contribution in [-0.4, -0.2) is 18.3 Å². The Hall–Kier alpha value is -0.640. The van der Waals surface area contributed by atoms with E-state index in [9.17, 15) is 0 Å².